The van der Waals surface area contributed by atoms with Crippen molar-refractivity contribution in [3.63, 3.8) is 0 Å². The number of esters is 1. The molecular formula is C31H63KO5S. The number of ether oxygens (including phenoxy) is 1. The first-order valence-corrected chi connectivity index (χ1v) is 17.6. The summed E-state index contributed by atoms with van der Waals surface area (Å²) in [5.74, 6) is -1.01. The van der Waals surface area contributed by atoms with Crippen LogP contribution in [0.15, 0.2) is 0 Å². The largest absolute Gasteiger partial charge is 1.00 e. The van der Waals surface area contributed by atoms with Crippen LogP contribution in [0.5, 0.6) is 0 Å². The molecule has 0 aromatic heterocycles. The molecule has 224 valence electrons. The van der Waals surface area contributed by atoms with E-state index in [9.17, 15) is 13.2 Å². The van der Waals surface area contributed by atoms with Crippen molar-refractivity contribution in [2.75, 3.05) is 5.75 Å². The first kappa shape index (κ1) is 41.2. The third-order valence-electron chi connectivity index (χ3n) is 7.36. The van der Waals surface area contributed by atoms with Crippen molar-refractivity contribution in [1.29, 1.82) is 0 Å². The molecule has 0 saturated heterocycles. The summed E-state index contributed by atoms with van der Waals surface area (Å²) >= 11 is 0. The summed E-state index contributed by atoms with van der Waals surface area (Å²) in [5.41, 5.74) is 0. The molecule has 0 amide bonds. The average Bonchev–Trinajstić information content (AvgIpc) is 2.82. The van der Waals surface area contributed by atoms with Gasteiger partial charge < -0.3 is 6.16 Å². The molecule has 0 aliphatic rings. The number of unbranched alkanes of at least 4 members (excludes halogenated alkanes) is 24. The summed E-state index contributed by atoms with van der Waals surface area (Å²) in [6.45, 7) is 3.55. The van der Waals surface area contributed by atoms with E-state index in [0.29, 0.717) is 6.42 Å². The maximum atomic E-state index is 11.1. The molecule has 0 fully saturated rings. The van der Waals surface area contributed by atoms with Crippen LogP contribution < -0.4 is 51.4 Å². The van der Waals surface area contributed by atoms with Gasteiger partial charge in [-0.25, -0.2) is 0 Å². The van der Waals surface area contributed by atoms with Gasteiger partial charge in [0.15, 0.2) is 0 Å². The average molecular weight is 587 g/mol. The molecule has 0 aromatic rings. The second-order valence-electron chi connectivity index (χ2n) is 11.3. The number of rotatable bonds is 29. The Balaban J connectivity index is -0.00000648. The van der Waals surface area contributed by atoms with E-state index in [1.807, 2.05) is 0 Å². The van der Waals surface area contributed by atoms with Gasteiger partial charge in [-0.3, -0.25) is 9.35 Å². The van der Waals surface area contributed by atoms with E-state index in [-0.39, 0.29) is 52.8 Å². The first-order chi connectivity index (χ1) is 17.8. The minimum absolute atomic E-state index is 0. The van der Waals surface area contributed by atoms with Crippen molar-refractivity contribution in [2.24, 2.45) is 0 Å². The summed E-state index contributed by atoms with van der Waals surface area (Å²) in [7, 11) is -4.13. The summed E-state index contributed by atoms with van der Waals surface area (Å²) in [6.07, 6.45) is 33.4. The minimum atomic E-state index is -4.13. The molecule has 38 heavy (non-hydrogen) atoms. The summed E-state index contributed by atoms with van der Waals surface area (Å²) in [5, 5.41) is 0. The van der Waals surface area contributed by atoms with E-state index in [1.165, 1.54) is 148 Å². The van der Waals surface area contributed by atoms with Crippen LogP contribution in [0.25, 0.3) is 0 Å². The topological polar surface area (TPSA) is 80.7 Å². The van der Waals surface area contributed by atoms with E-state index in [0.717, 1.165) is 19.3 Å². The van der Waals surface area contributed by atoms with E-state index in [1.54, 1.807) is 0 Å². The Morgan fingerprint density at radius 2 is 0.868 bits per heavy atom. The van der Waals surface area contributed by atoms with Gasteiger partial charge in [0, 0.05) is 6.92 Å². The van der Waals surface area contributed by atoms with Crippen molar-refractivity contribution in [2.45, 2.75) is 187 Å². The van der Waals surface area contributed by atoms with Gasteiger partial charge in [-0.2, -0.15) is 8.42 Å². The van der Waals surface area contributed by atoms with Gasteiger partial charge >= 0.3 is 57.4 Å². The number of hydrogen-bond donors (Lipinski definition) is 1. The van der Waals surface area contributed by atoms with Crippen LogP contribution in [0.1, 0.15) is 182 Å². The Hall–Kier alpha value is 1.02. The summed E-state index contributed by atoms with van der Waals surface area (Å²) < 4.78 is 36.0. The van der Waals surface area contributed by atoms with E-state index < -0.39 is 27.9 Å². The Bertz CT molecular complexity index is 604. The second kappa shape index (κ2) is 31.0. The van der Waals surface area contributed by atoms with Crippen LogP contribution in [-0.4, -0.2) is 30.8 Å². The SMILES string of the molecule is CCCCCCCCCCCCCCCCCCCCCCCCCCCC(CS(=O)(=O)O)OC(C)=O.[H-].[K+]. The quantitative estimate of drug-likeness (QED) is 0.0438. The third kappa shape index (κ3) is 35.0. The van der Waals surface area contributed by atoms with E-state index >= 15 is 0 Å². The number of carbonyl (C=O) groups is 1. The fraction of sp³-hybridized carbons (Fsp3) is 0.968. The fourth-order valence-electron chi connectivity index (χ4n) is 5.16. The predicted molar refractivity (Wildman–Crippen MR) is 159 cm³/mol. The molecule has 7 heteroatoms. The van der Waals surface area contributed by atoms with E-state index in [4.69, 9.17) is 9.29 Å². The zero-order valence-corrected chi connectivity index (χ0v) is 29.6. The molecule has 0 aromatic carbocycles. The maximum Gasteiger partial charge on any atom is 1.00 e. The number of hydrogen-bond acceptors (Lipinski definition) is 4. The summed E-state index contributed by atoms with van der Waals surface area (Å²) in [6, 6.07) is 0. The Morgan fingerprint density at radius 1 is 0.605 bits per heavy atom. The molecule has 0 saturated carbocycles. The zero-order valence-electron chi connectivity index (χ0n) is 26.7. The Labute approximate surface area is 281 Å². The molecule has 0 radical (unpaired) electrons. The molecule has 1 atom stereocenters. The van der Waals surface area contributed by atoms with Crippen molar-refractivity contribution in [3.8, 4) is 0 Å². The molecule has 0 rings (SSSR count). The molecule has 0 spiro atoms. The molecule has 0 aliphatic heterocycles. The van der Waals surface area contributed by atoms with Gasteiger partial charge in [-0.1, -0.05) is 161 Å². The predicted octanol–water partition coefficient (Wildman–Crippen LogP) is 7.08. The maximum absolute atomic E-state index is 11.1. The van der Waals surface area contributed by atoms with Crippen LogP contribution in [0.2, 0.25) is 0 Å². The molecule has 1 unspecified atom stereocenters. The molecule has 0 heterocycles. The van der Waals surface area contributed by atoms with Gasteiger partial charge in [0.1, 0.15) is 11.9 Å². The molecule has 0 aliphatic carbocycles. The first-order valence-electron chi connectivity index (χ1n) is 16.0. The van der Waals surface area contributed by atoms with Crippen LogP contribution in [-0.2, 0) is 19.6 Å². The minimum Gasteiger partial charge on any atom is -1.00 e. The van der Waals surface area contributed by atoms with Crippen LogP contribution in [0.4, 0.5) is 0 Å². The van der Waals surface area contributed by atoms with Crippen LogP contribution >= 0.6 is 0 Å². The Morgan fingerprint density at radius 3 is 1.11 bits per heavy atom. The van der Waals surface area contributed by atoms with Crippen LogP contribution in [0.3, 0.4) is 0 Å². The molecule has 1 N–H and O–H groups in total. The molecule has 5 nitrogen and oxygen atoms in total. The third-order valence-corrected chi connectivity index (χ3v) is 8.15. The van der Waals surface area contributed by atoms with Crippen molar-refractivity contribution in [3.05, 3.63) is 0 Å². The fourth-order valence-corrected chi connectivity index (χ4v) is 5.86. The monoisotopic (exact) mass is 586 g/mol. The zero-order chi connectivity index (χ0) is 27.5. The van der Waals surface area contributed by atoms with E-state index in [2.05, 4.69) is 6.92 Å². The van der Waals surface area contributed by atoms with Gasteiger partial charge in [0.2, 0.25) is 0 Å². The van der Waals surface area contributed by atoms with Gasteiger partial charge in [-0.05, 0) is 12.8 Å². The Kier molecular flexibility index (Phi) is 33.5. The van der Waals surface area contributed by atoms with Gasteiger partial charge in [0.25, 0.3) is 10.1 Å². The second-order valence-corrected chi connectivity index (χ2v) is 12.8. The van der Waals surface area contributed by atoms with Crippen molar-refractivity contribution in [1.82, 2.24) is 0 Å². The molecule has 0 bridgehead atoms. The van der Waals surface area contributed by atoms with Gasteiger partial charge in [0.05, 0.1) is 0 Å². The smallest absolute Gasteiger partial charge is 1.00 e. The standard InChI is InChI=1S/C31H62O5S.K.H/c1-3-4-5-6-7-8-9-10-11-12-13-14-15-16-17-18-19-20-21-22-23-24-25-26-27-28-31(36-30(2)32)29-37(33,34)35;;/h31H,3-29H2,1-2H3,(H,33,34,35);;/q;+1;-1. The van der Waals surface area contributed by atoms with Crippen molar-refractivity contribution < 1.29 is 75.3 Å². The number of carbonyl (C=O) groups excluding carboxylic acids is 1. The van der Waals surface area contributed by atoms with Crippen molar-refractivity contribution >= 4 is 16.1 Å². The normalized spacial score (nSPS) is 12.3. The summed E-state index contributed by atoms with van der Waals surface area (Å²) in [4.78, 5) is 11.1. The van der Waals surface area contributed by atoms with Gasteiger partial charge in [-0.15, -0.1) is 0 Å². The molecular weight excluding hydrogens is 524 g/mol. The van der Waals surface area contributed by atoms with Crippen LogP contribution in [0, 0.1) is 0 Å².